The molecule has 108 valence electrons. The number of nitrogens with zero attached hydrogens (tertiary/aromatic N) is 2. The van der Waals surface area contributed by atoms with Crippen molar-refractivity contribution in [2.24, 2.45) is 0 Å². The van der Waals surface area contributed by atoms with Crippen LogP contribution in [-0.2, 0) is 12.7 Å². The van der Waals surface area contributed by atoms with Gasteiger partial charge in [-0.2, -0.15) is 13.2 Å². The zero-order valence-corrected chi connectivity index (χ0v) is 11.2. The van der Waals surface area contributed by atoms with Crippen molar-refractivity contribution in [3.63, 3.8) is 0 Å². The van der Waals surface area contributed by atoms with E-state index in [1.54, 1.807) is 18.2 Å². The van der Waals surface area contributed by atoms with Crippen molar-refractivity contribution in [3.8, 4) is 23.7 Å². The molecule has 3 nitrogen and oxygen atoms in total. The van der Waals surface area contributed by atoms with Crippen molar-refractivity contribution in [1.82, 2.24) is 9.55 Å². The van der Waals surface area contributed by atoms with Crippen molar-refractivity contribution >= 4 is 11.6 Å². The summed E-state index contributed by atoms with van der Waals surface area (Å²) in [7, 11) is 0. The van der Waals surface area contributed by atoms with Gasteiger partial charge in [-0.05, 0) is 0 Å². The summed E-state index contributed by atoms with van der Waals surface area (Å²) in [5.41, 5.74) is -2.09. The predicted molar refractivity (Wildman–Crippen MR) is 72.8 cm³/mol. The molecule has 7 heteroatoms. The molecule has 0 radical (unpaired) electrons. The number of alkyl halides is 3. The minimum Gasteiger partial charge on any atom is -0.280 e. The van der Waals surface area contributed by atoms with Gasteiger partial charge in [0.25, 0.3) is 5.56 Å². The molecule has 0 bridgehead atoms. The number of benzene rings is 1. The summed E-state index contributed by atoms with van der Waals surface area (Å²) >= 11 is 5.49. The lowest BCUT2D eigenvalue weighted by molar-refractivity contribution is -0.141. The van der Waals surface area contributed by atoms with Crippen LogP contribution in [0, 0.1) is 12.3 Å². The average Bonchev–Trinajstić information content (AvgIpc) is 2.44. The lowest BCUT2D eigenvalue weighted by Gasteiger charge is -2.14. The molecule has 0 fully saturated rings. The zero-order valence-electron chi connectivity index (χ0n) is 10.5. The Morgan fingerprint density at radius 2 is 1.90 bits per heavy atom. The van der Waals surface area contributed by atoms with Gasteiger partial charge in [0.15, 0.2) is 5.69 Å². The predicted octanol–water partition coefficient (Wildman–Crippen LogP) is 3.22. The fraction of sp³-hybridized carbons (Fsp3) is 0.143. The number of halogens is 4. The Morgan fingerprint density at radius 3 is 2.43 bits per heavy atom. The Morgan fingerprint density at radius 1 is 1.29 bits per heavy atom. The van der Waals surface area contributed by atoms with Gasteiger partial charge >= 0.3 is 6.18 Å². The first kappa shape index (κ1) is 15.1. The largest absolute Gasteiger partial charge is 0.435 e. The molecule has 21 heavy (non-hydrogen) atoms. The van der Waals surface area contributed by atoms with Gasteiger partial charge in [-0.3, -0.25) is 9.36 Å². The number of rotatable bonds is 2. The van der Waals surface area contributed by atoms with Crippen LogP contribution in [0.3, 0.4) is 0 Å². The molecule has 0 unspecified atom stereocenters. The summed E-state index contributed by atoms with van der Waals surface area (Å²) < 4.78 is 39.7. The monoisotopic (exact) mass is 312 g/mol. The van der Waals surface area contributed by atoms with Crippen LogP contribution in [0.5, 0.6) is 0 Å². The van der Waals surface area contributed by atoms with Crippen LogP contribution in [-0.4, -0.2) is 9.55 Å². The molecule has 0 aliphatic rings. The molecule has 2 aromatic rings. The number of hydrogen-bond acceptors (Lipinski definition) is 2. The Labute approximate surface area is 123 Å². The van der Waals surface area contributed by atoms with Gasteiger partial charge in [-0.1, -0.05) is 47.9 Å². The molecule has 2 rings (SSSR count). The van der Waals surface area contributed by atoms with Gasteiger partial charge in [0.2, 0.25) is 0 Å². The second-order valence-electron chi connectivity index (χ2n) is 4.06. The van der Waals surface area contributed by atoms with E-state index in [0.29, 0.717) is 5.56 Å². The van der Waals surface area contributed by atoms with Crippen molar-refractivity contribution < 1.29 is 13.2 Å². The van der Waals surface area contributed by atoms with Crippen LogP contribution in [0.2, 0.25) is 5.02 Å². The lowest BCUT2D eigenvalue weighted by atomic mass is 10.2. The maximum absolute atomic E-state index is 12.9. The van der Waals surface area contributed by atoms with Crippen LogP contribution in [0.25, 0.3) is 11.4 Å². The first-order chi connectivity index (χ1) is 9.86. The summed E-state index contributed by atoms with van der Waals surface area (Å²) in [5, 5.41) is -0.988. The average molecular weight is 313 g/mol. The summed E-state index contributed by atoms with van der Waals surface area (Å²) in [4.78, 5) is 15.5. The summed E-state index contributed by atoms with van der Waals surface area (Å²) in [6.07, 6.45) is 0.323. The molecule has 1 aromatic heterocycles. The molecule has 1 aromatic carbocycles. The number of terminal acetylenes is 1. The molecular weight excluding hydrogens is 305 g/mol. The van der Waals surface area contributed by atoms with Gasteiger partial charge in [-0.25, -0.2) is 4.98 Å². The van der Waals surface area contributed by atoms with E-state index in [0.717, 1.165) is 4.57 Å². The van der Waals surface area contributed by atoms with Crippen LogP contribution in [0.15, 0.2) is 35.1 Å². The zero-order chi connectivity index (χ0) is 15.6. The SMILES string of the molecule is C#CCn1c(-c2ccccc2)nc(C(F)(F)F)c(Cl)c1=O. The molecular formula is C14H8ClF3N2O. The van der Waals surface area contributed by atoms with E-state index in [4.69, 9.17) is 18.0 Å². The highest BCUT2D eigenvalue weighted by Gasteiger charge is 2.37. The highest BCUT2D eigenvalue weighted by atomic mass is 35.5. The van der Waals surface area contributed by atoms with E-state index in [1.165, 1.54) is 12.1 Å². The fourth-order valence-electron chi connectivity index (χ4n) is 1.76. The molecule has 0 amide bonds. The molecule has 1 heterocycles. The minimum atomic E-state index is -4.82. The minimum absolute atomic E-state index is 0.171. The highest BCUT2D eigenvalue weighted by molar-refractivity contribution is 6.31. The highest BCUT2D eigenvalue weighted by Crippen LogP contribution is 2.32. The standard InChI is InChI=1S/C14H8ClF3N2O/c1-2-8-20-12(9-6-4-3-5-7-9)19-11(14(16,17)18)10(15)13(20)21/h1,3-7H,8H2. The van der Waals surface area contributed by atoms with Gasteiger partial charge < -0.3 is 0 Å². The number of aromatic nitrogens is 2. The topological polar surface area (TPSA) is 34.9 Å². The second kappa shape index (κ2) is 5.62. The third-order valence-corrected chi connectivity index (χ3v) is 3.00. The van der Waals surface area contributed by atoms with Crippen LogP contribution in [0.4, 0.5) is 13.2 Å². The second-order valence-corrected chi connectivity index (χ2v) is 4.44. The Balaban J connectivity index is 2.82. The Bertz CT molecular complexity index is 761. The fourth-order valence-corrected chi connectivity index (χ4v) is 2.02. The molecule has 0 saturated heterocycles. The molecule has 0 aliphatic carbocycles. The maximum Gasteiger partial charge on any atom is 0.435 e. The van der Waals surface area contributed by atoms with Crippen molar-refractivity contribution in [2.45, 2.75) is 12.7 Å². The van der Waals surface area contributed by atoms with E-state index in [9.17, 15) is 18.0 Å². The molecule has 0 spiro atoms. The third kappa shape index (κ3) is 2.93. The van der Waals surface area contributed by atoms with Crippen molar-refractivity contribution in [1.29, 1.82) is 0 Å². The molecule has 0 atom stereocenters. The van der Waals surface area contributed by atoms with Gasteiger partial charge in [-0.15, -0.1) is 6.42 Å². The molecule has 0 aliphatic heterocycles. The van der Waals surface area contributed by atoms with E-state index < -0.39 is 22.5 Å². The number of hydrogen-bond donors (Lipinski definition) is 0. The van der Waals surface area contributed by atoms with E-state index >= 15 is 0 Å². The Kier molecular flexibility index (Phi) is 4.05. The van der Waals surface area contributed by atoms with Crippen LogP contribution in [0.1, 0.15) is 5.69 Å². The van der Waals surface area contributed by atoms with Gasteiger partial charge in [0, 0.05) is 5.56 Å². The summed E-state index contributed by atoms with van der Waals surface area (Å²) in [6, 6.07) is 7.98. The first-order valence-corrected chi connectivity index (χ1v) is 6.10. The maximum atomic E-state index is 12.9. The lowest BCUT2D eigenvalue weighted by Crippen LogP contribution is -2.27. The smallest absolute Gasteiger partial charge is 0.280 e. The van der Waals surface area contributed by atoms with E-state index in [2.05, 4.69) is 10.9 Å². The molecule has 0 N–H and O–H groups in total. The first-order valence-electron chi connectivity index (χ1n) is 5.72. The van der Waals surface area contributed by atoms with E-state index in [-0.39, 0.29) is 12.4 Å². The Hall–Kier alpha value is -2.26. The van der Waals surface area contributed by atoms with Crippen LogP contribution >= 0.6 is 11.6 Å². The van der Waals surface area contributed by atoms with E-state index in [1.807, 2.05) is 0 Å². The van der Waals surface area contributed by atoms with Crippen molar-refractivity contribution in [3.05, 3.63) is 51.4 Å². The van der Waals surface area contributed by atoms with Crippen molar-refractivity contribution in [2.75, 3.05) is 0 Å². The summed E-state index contributed by atoms with van der Waals surface area (Å²) in [5.74, 6) is 2.03. The van der Waals surface area contributed by atoms with Crippen LogP contribution < -0.4 is 5.56 Å². The third-order valence-electron chi connectivity index (χ3n) is 2.66. The van der Waals surface area contributed by atoms with Gasteiger partial charge in [0.1, 0.15) is 10.8 Å². The van der Waals surface area contributed by atoms with Gasteiger partial charge in [0.05, 0.1) is 6.54 Å². The summed E-state index contributed by atoms with van der Waals surface area (Å²) in [6.45, 7) is -0.228. The normalized spacial score (nSPS) is 11.2. The molecule has 0 saturated carbocycles. The quantitative estimate of drug-likeness (QED) is 0.798.